The molecule has 0 bridgehead atoms. The Labute approximate surface area is 110 Å². The molecular formula is C16H23NO. The van der Waals surface area contributed by atoms with Gasteiger partial charge in [-0.25, -0.2) is 0 Å². The van der Waals surface area contributed by atoms with Crippen LogP contribution in [0.2, 0.25) is 0 Å². The highest BCUT2D eigenvalue weighted by Crippen LogP contribution is 2.46. The second-order valence-electron chi connectivity index (χ2n) is 6.77. The summed E-state index contributed by atoms with van der Waals surface area (Å²) in [6.07, 6.45) is 3.96. The van der Waals surface area contributed by atoms with Gasteiger partial charge in [0.05, 0.1) is 6.21 Å². The molecule has 0 atom stereocenters. The van der Waals surface area contributed by atoms with Crippen LogP contribution < -0.4 is 0 Å². The van der Waals surface area contributed by atoms with E-state index in [1.807, 2.05) is 0 Å². The SMILES string of the molecule is Cc1cc2c(cc1/C=N/O)C(C)(C)CCC2(C)C. The summed E-state index contributed by atoms with van der Waals surface area (Å²) < 4.78 is 0. The summed E-state index contributed by atoms with van der Waals surface area (Å²) in [6, 6.07) is 4.47. The minimum absolute atomic E-state index is 0.205. The molecule has 2 rings (SSSR count). The third-order valence-corrected chi connectivity index (χ3v) is 4.44. The molecule has 1 aliphatic carbocycles. The Morgan fingerprint density at radius 1 is 1.06 bits per heavy atom. The van der Waals surface area contributed by atoms with Crippen molar-refractivity contribution in [2.24, 2.45) is 5.16 Å². The van der Waals surface area contributed by atoms with Crippen LogP contribution in [-0.4, -0.2) is 11.4 Å². The van der Waals surface area contributed by atoms with Crippen molar-refractivity contribution in [2.75, 3.05) is 0 Å². The Morgan fingerprint density at radius 3 is 2.06 bits per heavy atom. The van der Waals surface area contributed by atoms with Crippen molar-refractivity contribution in [2.45, 2.75) is 58.3 Å². The average molecular weight is 245 g/mol. The van der Waals surface area contributed by atoms with E-state index in [1.165, 1.54) is 35.7 Å². The molecule has 1 N–H and O–H groups in total. The molecule has 2 nitrogen and oxygen atoms in total. The minimum Gasteiger partial charge on any atom is -0.411 e. The molecule has 0 saturated heterocycles. The van der Waals surface area contributed by atoms with Gasteiger partial charge in [0.1, 0.15) is 0 Å². The van der Waals surface area contributed by atoms with E-state index in [0.717, 1.165) is 5.56 Å². The summed E-state index contributed by atoms with van der Waals surface area (Å²) in [4.78, 5) is 0. The van der Waals surface area contributed by atoms with Crippen LogP contribution in [0.5, 0.6) is 0 Å². The van der Waals surface area contributed by atoms with Gasteiger partial charge in [-0.2, -0.15) is 0 Å². The molecule has 0 fully saturated rings. The lowest BCUT2D eigenvalue weighted by Gasteiger charge is -2.42. The number of rotatable bonds is 1. The zero-order chi connectivity index (χ0) is 13.6. The molecular weight excluding hydrogens is 222 g/mol. The van der Waals surface area contributed by atoms with E-state index in [1.54, 1.807) is 0 Å². The maximum absolute atomic E-state index is 8.75. The Kier molecular flexibility index (Phi) is 3.00. The van der Waals surface area contributed by atoms with Gasteiger partial charge >= 0.3 is 0 Å². The largest absolute Gasteiger partial charge is 0.411 e. The van der Waals surface area contributed by atoms with E-state index in [0.29, 0.717) is 0 Å². The number of hydrogen-bond acceptors (Lipinski definition) is 2. The number of benzene rings is 1. The molecule has 1 aromatic rings. The van der Waals surface area contributed by atoms with Gasteiger partial charge in [-0.3, -0.25) is 0 Å². The molecule has 0 unspecified atom stereocenters. The number of hydrogen-bond donors (Lipinski definition) is 1. The Bertz CT molecular complexity index is 498. The summed E-state index contributed by atoms with van der Waals surface area (Å²) in [7, 11) is 0. The summed E-state index contributed by atoms with van der Waals surface area (Å²) in [5.41, 5.74) is 5.49. The zero-order valence-electron chi connectivity index (χ0n) is 12.0. The summed E-state index contributed by atoms with van der Waals surface area (Å²) >= 11 is 0. The van der Waals surface area contributed by atoms with E-state index in [4.69, 9.17) is 5.21 Å². The highest BCUT2D eigenvalue weighted by atomic mass is 16.4. The van der Waals surface area contributed by atoms with Crippen LogP contribution in [0.4, 0.5) is 0 Å². The molecule has 98 valence electrons. The number of nitrogens with zero attached hydrogens (tertiary/aromatic N) is 1. The van der Waals surface area contributed by atoms with Crippen LogP contribution in [-0.2, 0) is 10.8 Å². The average Bonchev–Trinajstić information content (AvgIpc) is 2.27. The molecule has 0 amide bonds. The van der Waals surface area contributed by atoms with Crippen molar-refractivity contribution in [3.8, 4) is 0 Å². The first kappa shape index (κ1) is 13.1. The Balaban J connectivity index is 2.69. The van der Waals surface area contributed by atoms with E-state index in [2.05, 4.69) is 51.9 Å². The lowest BCUT2D eigenvalue weighted by atomic mass is 9.62. The summed E-state index contributed by atoms with van der Waals surface area (Å²) in [5.74, 6) is 0. The first-order valence-corrected chi connectivity index (χ1v) is 6.61. The van der Waals surface area contributed by atoms with E-state index in [9.17, 15) is 0 Å². The molecule has 0 aromatic heterocycles. The predicted octanol–water partition coefficient (Wildman–Crippen LogP) is 4.15. The second kappa shape index (κ2) is 4.11. The van der Waals surface area contributed by atoms with Gasteiger partial charge in [-0.05, 0) is 58.9 Å². The molecule has 1 aliphatic rings. The number of fused-ring (bicyclic) bond motifs is 1. The molecule has 18 heavy (non-hydrogen) atoms. The van der Waals surface area contributed by atoms with Crippen LogP contribution in [0.3, 0.4) is 0 Å². The van der Waals surface area contributed by atoms with Gasteiger partial charge < -0.3 is 5.21 Å². The molecule has 0 saturated carbocycles. The molecule has 0 spiro atoms. The quantitative estimate of drug-likeness (QED) is 0.450. The normalized spacial score (nSPS) is 20.9. The van der Waals surface area contributed by atoms with E-state index < -0.39 is 0 Å². The topological polar surface area (TPSA) is 32.6 Å². The highest BCUT2D eigenvalue weighted by Gasteiger charge is 2.37. The number of aryl methyl sites for hydroxylation is 1. The Hall–Kier alpha value is -1.31. The van der Waals surface area contributed by atoms with Crippen LogP contribution in [0.15, 0.2) is 17.3 Å². The minimum atomic E-state index is 0.205. The van der Waals surface area contributed by atoms with Gasteiger partial charge in [0.15, 0.2) is 0 Å². The lowest BCUT2D eigenvalue weighted by Crippen LogP contribution is -2.34. The van der Waals surface area contributed by atoms with E-state index >= 15 is 0 Å². The summed E-state index contributed by atoms with van der Waals surface area (Å²) in [5, 5.41) is 11.9. The molecule has 0 radical (unpaired) electrons. The van der Waals surface area contributed by atoms with Gasteiger partial charge in [-0.15, -0.1) is 0 Å². The fourth-order valence-electron chi connectivity index (χ4n) is 2.94. The summed E-state index contributed by atoms with van der Waals surface area (Å²) in [6.45, 7) is 11.3. The maximum Gasteiger partial charge on any atom is 0.0736 e. The zero-order valence-corrected chi connectivity index (χ0v) is 12.0. The first-order valence-electron chi connectivity index (χ1n) is 6.61. The molecule has 2 heteroatoms. The fourth-order valence-corrected chi connectivity index (χ4v) is 2.94. The van der Waals surface area contributed by atoms with Crippen molar-refractivity contribution in [1.29, 1.82) is 0 Å². The van der Waals surface area contributed by atoms with Gasteiger partial charge in [0.2, 0.25) is 0 Å². The van der Waals surface area contributed by atoms with E-state index in [-0.39, 0.29) is 10.8 Å². The van der Waals surface area contributed by atoms with Crippen LogP contribution in [0, 0.1) is 6.92 Å². The molecule has 0 aliphatic heterocycles. The fraction of sp³-hybridized carbons (Fsp3) is 0.562. The smallest absolute Gasteiger partial charge is 0.0736 e. The van der Waals surface area contributed by atoms with Crippen molar-refractivity contribution < 1.29 is 5.21 Å². The molecule has 0 heterocycles. The molecule has 1 aromatic carbocycles. The lowest BCUT2D eigenvalue weighted by molar-refractivity contribution is 0.321. The van der Waals surface area contributed by atoms with Gasteiger partial charge in [0, 0.05) is 0 Å². The monoisotopic (exact) mass is 245 g/mol. The maximum atomic E-state index is 8.75. The third kappa shape index (κ3) is 2.05. The first-order chi connectivity index (χ1) is 8.28. The van der Waals surface area contributed by atoms with Gasteiger partial charge in [0.25, 0.3) is 0 Å². The van der Waals surface area contributed by atoms with Crippen molar-refractivity contribution >= 4 is 6.21 Å². The Morgan fingerprint density at radius 2 is 1.56 bits per heavy atom. The van der Waals surface area contributed by atoms with Crippen molar-refractivity contribution in [3.63, 3.8) is 0 Å². The standard InChI is InChI=1S/C16H23NO/c1-11-8-13-14(9-12(11)10-17-18)16(4,5)7-6-15(13,2)3/h8-10,18H,6-7H2,1-5H3/b17-10+. The van der Waals surface area contributed by atoms with Crippen molar-refractivity contribution in [3.05, 3.63) is 34.4 Å². The van der Waals surface area contributed by atoms with Gasteiger partial charge in [-0.1, -0.05) is 38.9 Å². The van der Waals surface area contributed by atoms with Crippen molar-refractivity contribution in [1.82, 2.24) is 0 Å². The van der Waals surface area contributed by atoms with Crippen LogP contribution >= 0.6 is 0 Å². The highest BCUT2D eigenvalue weighted by molar-refractivity contribution is 5.82. The second-order valence-corrected chi connectivity index (χ2v) is 6.77. The number of oxime groups is 1. The predicted molar refractivity (Wildman–Crippen MR) is 75.8 cm³/mol. The van der Waals surface area contributed by atoms with Crippen LogP contribution in [0.1, 0.15) is 62.8 Å². The van der Waals surface area contributed by atoms with Crippen LogP contribution in [0.25, 0.3) is 0 Å². The third-order valence-electron chi connectivity index (χ3n) is 4.44.